The maximum absolute atomic E-state index is 11.5. The predicted octanol–water partition coefficient (Wildman–Crippen LogP) is 2.54. The number of oxazole rings is 1. The number of aromatic nitrogens is 4. The molecule has 146 valence electrons. The highest BCUT2D eigenvalue weighted by molar-refractivity contribution is 5.75. The van der Waals surface area contributed by atoms with Crippen LogP contribution in [0.2, 0.25) is 0 Å². The van der Waals surface area contributed by atoms with E-state index < -0.39 is 6.10 Å². The molecule has 8 heteroatoms. The van der Waals surface area contributed by atoms with Crippen molar-refractivity contribution in [2.75, 3.05) is 0 Å². The van der Waals surface area contributed by atoms with Gasteiger partial charge in [0, 0.05) is 30.4 Å². The molecule has 1 atom stereocenters. The first-order chi connectivity index (χ1) is 13.3. The second-order valence-corrected chi connectivity index (χ2v) is 8.66. The number of amides is 1. The largest absolute Gasteiger partial charge is 0.442 e. The normalized spacial score (nSPS) is 26.8. The van der Waals surface area contributed by atoms with Crippen molar-refractivity contribution < 1.29 is 14.3 Å². The predicted molar refractivity (Wildman–Crippen MR) is 101 cm³/mol. The molecule has 2 bridgehead atoms. The molecule has 6 rings (SSSR count). The highest BCUT2D eigenvalue weighted by atomic mass is 16.3. The van der Waals surface area contributed by atoms with E-state index in [2.05, 4.69) is 19.9 Å². The van der Waals surface area contributed by atoms with Crippen molar-refractivity contribution in [3.05, 3.63) is 30.7 Å². The zero-order chi connectivity index (χ0) is 19.7. The maximum Gasteiger partial charge on any atom is 0.217 e. The smallest absolute Gasteiger partial charge is 0.217 e. The molecule has 0 aliphatic heterocycles. The van der Waals surface area contributed by atoms with Crippen LogP contribution in [0.25, 0.3) is 22.5 Å². The molecule has 0 aromatic carbocycles. The summed E-state index contributed by atoms with van der Waals surface area (Å²) < 4.78 is 7.49. The number of nitrogens with zero attached hydrogens (tertiary/aromatic N) is 4. The van der Waals surface area contributed by atoms with Crippen molar-refractivity contribution in [3.63, 3.8) is 0 Å². The molecule has 1 amide bonds. The van der Waals surface area contributed by atoms with Gasteiger partial charge in [0.05, 0.1) is 11.2 Å². The van der Waals surface area contributed by atoms with Gasteiger partial charge in [0.15, 0.2) is 17.6 Å². The van der Waals surface area contributed by atoms with Crippen LogP contribution in [0.15, 0.2) is 29.3 Å². The SMILES string of the molecule is CC(=O)NC12CC(n3cc(-c4cnc5ncoc5c4)nc3C(O)C(C)C)(C1)C2. The summed E-state index contributed by atoms with van der Waals surface area (Å²) in [5, 5.41) is 13.9. The van der Waals surface area contributed by atoms with Crippen LogP contribution in [-0.2, 0) is 10.3 Å². The van der Waals surface area contributed by atoms with E-state index in [1.165, 1.54) is 6.39 Å². The van der Waals surface area contributed by atoms with Crippen molar-refractivity contribution >= 4 is 17.1 Å². The lowest BCUT2D eigenvalue weighted by atomic mass is 9.44. The minimum absolute atomic E-state index is 0.00786. The van der Waals surface area contributed by atoms with Crippen molar-refractivity contribution in [3.8, 4) is 11.3 Å². The van der Waals surface area contributed by atoms with E-state index in [9.17, 15) is 9.90 Å². The van der Waals surface area contributed by atoms with Gasteiger partial charge in [0.1, 0.15) is 11.9 Å². The summed E-state index contributed by atoms with van der Waals surface area (Å²) >= 11 is 0. The minimum atomic E-state index is -0.665. The lowest BCUT2D eigenvalue weighted by Gasteiger charge is -2.71. The molecular formula is C20H23N5O3. The van der Waals surface area contributed by atoms with Crippen LogP contribution in [0.1, 0.15) is 52.0 Å². The molecule has 3 fully saturated rings. The summed E-state index contributed by atoms with van der Waals surface area (Å²) in [6, 6.07) is 1.87. The molecule has 3 heterocycles. The average molecular weight is 381 g/mol. The van der Waals surface area contributed by atoms with Crippen molar-refractivity contribution in [1.82, 2.24) is 24.8 Å². The summed E-state index contributed by atoms with van der Waals surface area (Å²) in [7, 11) is 0. The number of rotatable bonds is 5. The molecule has 28 heavy (non-hydrogen) atoms. The molecule has 0 radical (unpaired) electrons. The number of aliphatic hydroxyl groups is 1. The van der Waals surface area contributed by atoms with Crippen LogP contribution < -0.4 is 5.32 Å². The number of aliphatic hydroxyl groups excluding tert-OH is 1. The van der Waals surface area contributed by atoms with Crippen LogP contribution >= 0.6 is 0 Å². The summed E-state index contributed by atoms with van der Waals surface area (Å²) in [5.41, 5.74) is 2.57. The zero-order valence-electron chi connectivity index (χ0n) is 16.1. The Morgan fingerprint density at radius 1 is 1.32 bits per heavy atom. The van der Waals surface area contributed by atoms with Gasteiger partial charge < -0.3 is 19.4 Å². The molecule has 2 N–H and O–H groups in total. The summed E-state index contributed by atoms with van der Waals surface area (Å²) in [5.74, 6) is 0.716. The summed E-state index contributed by atoms with van der Waals surface area (Å²) in [4.78, 5) is 24.6. The van der Waals surface area contributed by atoms with Crippen LogP contribution in [0.4, 0.5) is 0 Å². The van der Waals surface area contributed by atoms with E-state index >= 15 is 0 Å². The number of imidazole rings is 1. The number of carbonyl (C=O) groups is 1. The lowest BCUT2D eigenvalue weighted by Crippen LogP contribution is -2.78. The van der Waals surface area contributed by atoms with Crippen LogP contribution in [-0.4, -0.2) is 36.1 Å². The average Bonchev–Trinajstić information content (AvgIpc) is 3.21. The maximum atomic E-state index is 11.5. The Morgan fingerprint density at radius 3 is 2.75 bits per heavy atom. The third-order valence-electron chi connectivity index (χ3n) is 6.07. The van der Waals surface area contributed by atoms with Gasteiger partial charge in [0.2, 0.25) is 5.91 Å². The monoisotopic (exact) mass is 381 g/mol. The second-order valence-electron chi connectivity index (χ2n) is 8.66. The van der Waals surface area contributed by atoms with E-state index in [1.807, 2.05) is 26.1 Å². The Hall–Kier alpha value is -2.74. The Kier molecular flexibility index (Phi) is 3.49. The van der Waals surface area contributed by atoms with Crippen LogP contribution in [0, 0.1) is 5.92 Å². The fourth-order valence-corrected chi connectivity index (χ4v) is 4.81. The first-order valence-corrected chi connectivity index (χ1v) is 9.57. The minimum Gasteiger partial charge on any atom is -0.442 e. The van der Waals surface area contributed by atoms with Gasteiger partial charge in [-0.2, -0.15) is 4.98 Å². The zero-order valence-corrected chi connectivity index (χ0v) is 16.1. The molecule has 0 spiro atoms. The van der Waals surface area contributed by atoms with Gasteiger partial charge in [-0.15, -0.1) is 0 Å². The number of hydrogen-bond donors (Lipinski definition) is 2. The van der Waals surface area contributed by atoms with Gasteiger partial charge in [-0.05, 0) is 31.2 Å². The van der Waals surface area contributed by atoms with Crippen molar-refractivity contribution in [1.29, 1.82) is 0 Å². The Morgan fingerprint density at radius 2 is 2.07 bits per heavy atom. The standard InChI is InChI=1S/C20H23N5O3/c1-11(2)16(27)18-23-14(13-4-15-17(21-5-13)22-10-28-15)6-25(18)20-7-19(8-20,9-20)24-12(3)26/h4-6,10-11,16,27H,7-9H2,1-3H3,(H,24,26). The third kappa shape index (κ3) is 2.40. The van der Waals surface area contributed by atoms with Crippen LogP contribution in [0.3, 0.4) is 0 Å². The molecule has 3 aromatic heterocycles. The topological polar surface area (TPSA) is 106 Å². The molecule has 3 aromatic rings. The Labute approximate surface area is 162 Å². The number of fused-ring (bicyclic) bond motifs is 1. The van der Waals surface area contributed by atoms with Crippen LogP contribution in [0.5, 0.6) is 0 Å². The highest BCUT2D eigenvalue weighted by Gasteiger charge is 2.70. The first-order valence-electron chi connectivity index (χ1n) is 9.57. The quantitative estimate of drug-likeness (QED) is 0.703. The van der Waals surface area contributed by atoms with Crippen molar-refractivity contribution in [2.24, 2.45) is 5.92 Å². The van der Waals surface area contributed by atoms with Gasteiger partial charge in [-0.3, -0.25) is 4.79 Å². The summed E-state index contributed by atoms with van der Waals surface area (Å²) in [6.45, 7) is 5.52. The van der Waals surface area contributed by atoms with E-state index in [-0.39, 0.29) is 22.9 Å². The lowest BCUT2D eigenvalue weighted by molar-refractivity contribution is -0.156. The fourth-order valence-electron chi connectivity index (χ4n) is 4.81. The number of hydrogen-bond acceptors (Lipinski definition) is 6. The van der Waals surface area contributed by atoms with E-state index in [1.54, 1.807) is 13.1 Å². The number of nitrogens with one attached hydrogen (secondary N) is 1. The van der Waals surface area contributed by atoms with E-state index in [0.717, 1.165) is 30.5 Å². The van der Waals surface area contributed by atoms with E-state index in [0.29, 0.717) is 17.1 Å². The molecule has 3 aliphatic carbocycles. The number of pyridine rings is 1. The Bertz CT molecular complexity index is 1060. The van der Waals surface area contributed by atoms with Crippen molar-refractivity contribution in [2.45, 2.75) is 57.2 Å². The highest BCUT2D eigenvalue weighted by Crippen LogP contribution is 2.65. The molecule has 3 saturated carbocycles. The Balaban J connectivity index is 1.53. The molecule has 8 nitrogen and oxygen atoms in total. The first kappa shape index (κ1) is 17.4. The molecule has 1 unspecified atom stereocenters. The van der Waals surface area contributed by atoms with Gasteiger partial charge in [-0.25, -0.2) is 9.97 Å². The molecule has 3 aliphatic rings. The fraction of sp³-hybridized carbons (Fsp3) is 0.500. The summed E-state index contributed by atoms with van der Waals surface area (Å²) in [6.07, 6.45) is 7.03. The number of carbonyl (C=O) groups excluding carboxylic acids is 1. The molecule has 0 saturated heterocycles. The van der Waals surface area contributed by atoms with E-state index in [4.69, 9.17) is 9.40 Å². The van der Waals surface area contributed by atoms with Gasteiger partial charge >= 0.3 is 0 Å². The second kappa shape index (κ2) is 5.64. The molecular weight excluding hydrogens is 358 g/mol. The van der Waals surface area contributed by atoms with Gasteiger partial charge in [-0.1, -0.05) is 13.8 Å². The van der Waals surface area contributed by atoms with Gasteiger partial charge in [0.25, 0.3) is 0 Å². The third-order valence-corrected chi connectivity index (χ3v) is 6.07.